The molecule has 42 heteroatoms. The molecule has 0 aromatic heterocycles. The number of nitrogens with one attached hydrogen (secondary N) is 12. The van der Waals surface area contributed by atoms with Gasteiger partial charge in [0.15, 0.2) is 5.96 Å². The normalized spacial score (nSPS) is 15.2. The third kappa shape index (κ3) is 43.6. The maximum atomic E-state index is 14.7. The zero-order valence-corrected chi connectivity index (χ0v) is 66.8. The molecule has 0 aliphatic heterocycles. The number of carbonyl (C=O) groups is 17. The van der Waals surface area contributed by atoms with Gasteiger partial charge < -0.3 is 131 Å². The van der Waals surface area contributed by atoms with Gasteiger partial charge in [-0.3, -0.25) is 81.7 Å². The van der Waals surface area contributed by atoms with E-state index in [0.29, 0.717) is 25.7 Å². The Kier molecular flexibility index (Phi) is 50.6. The lowest BCUT2D eigenvalue weighted by molar-refractivity contribution is -0.143. The molecule has 0 bridgehead atoms. The van der Waals surface area contributed by atoms with Crippen molar-refractivity contribution >= 4 is 106 Å². The maximum absolute atomic E-state index is 14.7. The molecule has 0 aromatic carbocycles. The number of aliphatic carboxylic acids is 1. The average Bonchev–Trinajstić information content (AvgIpc) is 0.849. The number of aliphatic imine (C=N–C) groups is 1. The molecule has 0 rings (SSSR count). The molecule has 0 fully saturated rings. The second-order valence-electron chi connectivity index (χ2n) is 29.5. The Morgan fingerprint density at radius 1 is 0.327 bits per heavy atom. The molecule has 42 nitrogen and oxygen atoms in total. The van der Waals surface area contributed by atoms with Crippen LogP contribution in [-0.4, -0.2) is 227 Å². The highest BCUT2D eigenvalue weighted by Gasteiger charge is 2.40. The lowest BCUT2D eigenvalue weighted by atomic mass is 9.96. The number of carboxylic acid groups (broad SMARTS) is 1. The van der Waals surface area contributed by atoms with Gasteiger partial charge in [0.2, 0.25) is 94.5 Å². The van der Waals surface area contributed by atoms with E-state index in [-0.39, 0.29) is 115 Å². The molecule has 0 heterocycles. The lowest BCUT2D eigenvalue weighted by Gasteiger charge is -2.30. The van der Waals surface area contributed by atoms with Crippen molar-refractivity contribution in [2.24, 2.45) is 86.0 Å². The maximum Gasteiger partial charge on any atom is 0.326 e. The van der Waals surface area contributed by atoms with Gasteiger partial charge in [0.25, 0.3) is 0 Å². The van der Waals surface area contributed by atoms with Crippen LogP contribution in [0.5, 0.6) is 0 Å². The molecule has 644 valence electrons. The van der Waals surface area contributed by atoms with Gasteiger partial charge in [-0.1, -0.05) is 61.8 Å². The summed E-state index contributed by atoms with van der Waals surface area (Å²) < 4.78 is 0. The van der Waals surface area contributed by atoms with Crippen molar-refractivity contribution in [3.8, 4) is 0 Å². The van der Waals surface area contributed by atoms with Crippen molar-refractivity contribution in [1.82, 2.24) is 63.8 Å². The second kappa shape index (κ2) is 55.5. The number of hydrogen-bond donors (Lipinski definition) is 24. The predicted octanol–water partition coefficient (Wildman–Crippen LogP) is -7.11. The molecule has 113 heavy (non-hydrogen) atoms. The number of carbonyl (C=O) groups excluding carboxylic acids is 16. The van der Waals surface area contributed by atoms with Gasteiger partial charge in [0.05, 0.1) is 18.6 Å². The van der Waals surface area contributed by atoms with Gasteiger partial charge in [0, 0.05) is 25.8 Å². The fourth-order valence-corrected chi connectivity index (χ4v) is 11.5. The van der Waals surface area contributed by atoms with Crippen molar-refractivity contribution in [2.45, 2.75) is 288 Å². The number of nitrogens with zero attached hydrogens (tertiary/aromatic N) is 1. The van der Waals surface area contributed by atoms with E-state index < -0.39 is 242 Å². The smallest absolute Gasteiger partial charge is 0.326 e. The quantitative estimate of drug-likeness (QED) is 0.0153. The Bertz CT molecular complexity index is 3160. The molecule has 16 amide bonds. The first-order valence-electron chi connectivity index (χ1n) is 38.5. The topological polar surface area (TPSA) is 748 Å². The lowest BCUT2D eigenvalue weighted by Crippen LogP contribution is -2.62. The van der Waals surface area contributed by atoms with Gasteiger partial charge in [-0.15, -0.1) is 0 Å². The van der Waals surface area contributed by atoms with Crippen LogP contribution >= 0.6 is 0 Å². The summed E-state index contributed by atoms with van der Waals surface area (Å²) in [7, 11) is 0. The van der Waals surface area contributed by atoms with Crippen LogP contribution in [0.1, 0.15) is 204 Å². The first-order chi connectivity index (χ1) is 52.9. The molecule has 0 saturated heterocycles. The zero-order chi connectivity index (χ0) is 86.4. The van der Waals surface area contributed by atoms with Crippen LogP contribution in [0.15, 0.2) is 4.99 Å². The minimum Gasteiger partial charge on any atom is -0.480 e. The van der Waals surface area contributed by atoms with E-state index in [1.807, 2.05) is 0 Å². The van der Waals surface area contributed by atoms with E-state index >= 15 is 0 Å². The summed E-state index contributed by atoms with van der Waals surface area (Å²) >= 11 is 0. The van der Waals surface area contributed by atoms with Crippen LogP contribution < -0.4 is 121 Å². The van der Waals surface area contributed by atoms with Crippen molar-refractivity contribution in [3.63, 3.8) is 0 Å². The van der Waals surface area contributed by atoms with Crippen LogP contribution in [0.4, 0.5) is 0 Å². The van der Waals surface area contributed by atoms with E-state index in [0.717, 1.165) is 6.92 Å². The molecule has 34 N–H and O–H groups in total. The van der Waals surface area contributed by atoms with Crippen LogP contribution in [0.3, 0.4) is 0 Å². The summed E-state index contributed by atoms with van der Waals surface area (Å²) in [6, 6.07) is -19.8. The van der Waals surface area contributed by atoms with Crippen LogP contribution in [0, 0.1) is 23.7 Å². The van der Waals surface area contributed by atoms with E-state index in [1.165, 1.54) is 0 Å². The summed E-state index contributed by atoms with van der Waals surface area (Å²) in [5.41, 5.74) is 55.6. The van der Waals surface area contributed by atoms with Crippen molar-refractivity contribution in [2.75, 3.05) is 26.2 Å². The SMILES string of the molecule is CC[C@H](C)[C@H](NC(=O)[C@H](CCC(N)=O)NC(=O)[C@H](CCC(N)=O)NC(=O)[C@H](CC(C)C)NC(=O)[C@@H](NC(=O)[C@H](CCCCN)NC(=O)[C@H](CCC(N)=O)NC(=O)[C@@H](N)CC(N)=O)[C@@H](C)O)C(=O)N[C@@H](CC(C)C)C(=O)N[C@@H](CCCCN)C(=O)N[C@@H](CCCCN)C(=O)N[C@@H](CCCN=C(N)N)C(=O)N[C@@H](CC(C)C)C(=O)O. The number of rotatable bonds is 61. The molecule has 0 aliphatic rings. The van der Waals surface area contributed by atoms with Gasteiger partial charge >= 0.3 is 5.97 Å². The van der Waals surface area contributed by atoms with Crippen LogP contribution in [-0.2, 0) is 81.5 Å². The van der Waals surface area contributed by atoms with E-state index in [1.54, 1.807) is 55.4 Å². The Labute approximate surface area is 660 Å². The number of amides is 16. The zero-order valence-electron chi connectivity index (χ0n) is 66.8. The Balaban J connectivity index is 7.36. The number of guanidine groups is 1. The third-order valence-electron chi connectivity index (χ3n) is 17.9. The van der Waals surface area contributed by atoms with Gasteiger partial charge in [-0.25, -0.2) is 4.79 Å². The van der Waals surface area contributed by atoms with E-state index in [4.69, 9.17) is 57.3 Å². The van der Waals surface area contributed by atoms with Gasteiger partial charge in [-0.05, 0) is 159 Å². The Morgan fingerprint density at radius 3 is 0.876 bits per heavy atom. The molecule has 0 unspecified atom stereocenters. The minimum absolute atomic E-state index is 0.00943. The summed E-state index contributed by atoms with van der Waals surface area (Å²) in [5.74, 6) is -18.7. The average molecular weight is 1610 g/mol. The fraction of sp³-hybridized carbons (Fsp3) is 0.746. The van der Waals surface area contributed by atoms with Crippen molar-refractivity contribution in [3.05, 3.63) is 0 Å². The van der Waals surface area contributed by atoms with Crippen LogP contribution in [0.25, 0.3) is 0 Å². The molecular weight excluding hydrogens is 1480 g/mol. The number of nitrogens with two attached hydrogens (primary N) is 10. The molecule has 0 spiro atoms. The predicted molar refractivity (Wildman–Crippen MR) is 416 cm³/mol. The molecule has 0 aromatic rings. The molecule has 0 aliphatic carbocycles. The molecule has 15 atom stereocenters. The van der Waals surface area contributed by atoms with Crippen molar-refractivity contribution in [1.29, 1.82) is 0 Å². The fourth-order valence-electron chi connectivity index (χ4n) is 11.5. The van der Waals surface area contributed by atoms with Gasteiger partial charge in [-0.2, -0.15) is 0 Å². The largest absolute Gasteiger partial charge is 0.480 e. The van der Waals surface area contributed by atoms with E-state index in [9.17, 15) is 91.7 Å². The molecule has 0 saturated carbocycles. The highest BCUT2D eigenvalue weighted by atomic mass is 16.4. The highest BCUT2D eigenvalue weighted by molar-refractivity contribution is 6.00. The Hall–Kier alpha value is -9.94. The number of hydrogen-bond acceptors (Lipinski definition) is 23. The van der Waals surface area contributed by atoms with Gasteiger partial charge in [0.1, 0.15) is 72.5 Å². The summed E-state index contributed by atoms with van der Waals surface area (Å²) in [6.45, 7) is 15.3. The molecule has 0 radical (unpaired) electrons. The number of unbranched alkanes of at least 4 members (excludes halogenated alkanes) is 3. The monoisotopic (exact) mass is 1610 g/mol. The Morgan fingerprint density at radius 2 is 0.593 bits per heavy atom. The standard InChI is InChI=1S/C71H131N23O19/c1-10-39(8)56(68(110)90-49(32-36(2)3)66(108)87-43(19-12-15-29-73)60(102)84-42(18-11-14-28-72)59(101)86-45(21-17-31-82-71(80)81)61(103)92-51(70(112)113)34-38(6)7)93-65(107)48(24-27-54(78)98)88-63(105)47(23-26-53(77)97)89-67(109)50(33-37(4)5)91-69(111)57(40(9)95)94-64(106)44(20-13-16-30-74)85-62(104)46(22-25-52(76)96)83-58(100)41(75)35-55(79)99/h36-51,56-57,95H,10-35,72-75H2,1-9H3,(H2,76,96)(H2,77,97)(H2,78,98)(H2,79,99)(H,83,100)(H,84,102)(H,85,104)(H,86,101)(H,87,108)(H,88,105)(H,89,109)(H,90,110)(H,91,111)(H,92,103)(H,93,107)(H,94,106)(H,112,113)(H4,80,81,82)/t39-,40+,41-,42-,43-,44-,45-,46-,47-,48-,49-,50-,51-,56-,57-/m0/s1. The number of aliphatic hydroxyl groups excluding tert-OH is 1. The number of carboxylic acids is 1. The number of aliphatic hydroxyl groups is 1. The number of primary amides is 4. The minimum atomic E-state index is -1.87. The summed E-state index contributed by atoms with van der Waals surface area (Å²) in [4.78, 5) is 235. The first kappa shape index (κ1) is 103. The van der Waals surface area contributed by atoms with Crippen molar-refractivity contribution < 1.29 is 91.7 Å². The summed E-state index contributed by atoms with van der Waals surface area (Å²) in [5, 5.41) is 51.3. The first-order valence-corrected chi connectivity index (χ1v) is 38.5. The molecular formula is C71H131N23O19. The highest BCUT2D eigenvalue weighted by Crippen LogP contribution is 2.17. The van der Waals surface area contributed by atoms with E-state index in [2.05, 4.69) is 68.8 Å². The summed E-state index contributed by atoms with van der Waals surface area (Å²) in [6.07, 6.45) is -3.47. The second-order valence-corrected chi connectivity index (χ2v) is 29.5. The van der Waals surface area contributed by atoms with Crippen LogP contribution in [0.2, 0.25) is 0 Å². The third-order valence-corrected chi connectivity index (χ3v) is 17.9.